The lowest BCUT2D eigenvalue weighted by Crippen LogP contribution is -2.17. The predicted octanol–water partition coefficient (Wildman–Crippen LogP) is 1.19. The Balaban J connectivity index is 0.000000774. The molecule has 7 nitrogen and oxygen atoms in total. The summed E-state index contributed by atoms with van der Waals surface area (Å²) in [4.78, 5) is 10.8. The van der Waals surface area contributed by atoms with E-state index in [-0.39, 0.29) is 30.0 Å². The molecule has 3 atom stereocenters. The topological polar surface area (TPSA) is 99.1 Å². The highest BCUT2D eigenvalue weighted by molar-refractivity contribution is 5.81. The van der Waals surface area contributed by atoms with Gasteiger partial charge in [-0.25, -0.2) is 9.37 Å². The Kier molecular flexibility index (Phi) is 4.63. The van der Waals surface area contributed by atoms with Crippen LogP contribution in [0.3, 0.4) is 0 Å². The molecule has 0 radical (unpaired) electrons. The summed E-state index contributed by atoms with van der Waals surface area (Å²) in [6, 6.07) is 0. The Bertz CT molecular complexity index is 621. The van der Waals surface area contributed by atoms with Gasteiger partial charge in [-0.15, -0.1) is 0 Å². The zero-order chi connectivity index (χ0) is 15.6. The van der Waals surface area contributed by atoms with Crippen molar-refractivity contribution in [3.63, 3.8) is 0 Å². The van der Waals surface area contributed by atoms with Crippen LogP contribution in [-0.4, -0.2) is 43.5 Å². The minimum absolute atomic E-state index is 0.0594. The SMILES string of the molecule is CC.Nc1nc(F)nc2c1ncn2C1OC(CO)CC1F. The largest absolute Gasteiger partial charge is 0.394 e. The van der Waals surface area contributed by atoms with Gasteiger partial charge in [0.15, 0.2) is 23.2 Å². The van der Waals surface area contributed by atoms with Crippen LogP contribution < -0.4 is 5.73 Å². The second-order valence-corrected chi connectivity index (χ2v) is 4.28. The number of rotatable bonds is 2. The molecule has 3 unspecified atom stereocenters. The number of aromatic nitrogens is 4. The second-order valence-electron chi connectivity index (χ2n) is 4.28. The molecular formula is C12H17F2N5O2. The molecule has 116 valence electrons. The minimum Gasteiger partial charge on any atom is -0.394 e. The van der Waals surface area contributed by atoms with Crippen molar-refractivity contribution in [2.24, 2.45) is 0 Å². The highest BCUT2D eigenvalue weighted by atomic mass is 19.1. The van der Waals surface area contributed by atoms with Gasteiger partial charge in [0.2, 0.25) is 0 Å². The lowest BCUT2D eigenvalue weighted by Gasteiger charge is -2.15. The molecule has 1 fully saturated rings. The number of imidazole rings is 1. The van der Waals surface area contributed by atoms with Crippen molar-refractivity contribution in [2.45, 2.75) is 38.8 Å². The Morgan fingerprint density at radius 1 is 1.48 bits per heavy atom. The molecule has 0 spiro atoms. The molecule has 0 amide bonds. The van der Waals surface area contributed by atoms with E-state index in [1.165, 1.54) is 10.9 Å². The zero-order valence-corrected chi connectivity index (χ0v) is 11.7. The molecule has 9 heteroatoms. The van der Waals surface area contributed by atoms with Gasteiger partial charge in [-0.1, -0.05) is 13.8 Å². The Morgan fingerprint density at radius 3 is 2.81 bits per heavy atom. The highest BCUT2D eigenvalue weighted by Gasteiger charge is 2.37. The zero-order valence-electron chi connectivity index (χ0n) is 11.7. The first-order chi connectivity index (χ1) is 10.1. The van der Waals surface area contributed by atoms with Gasteiger partial charge in [-0.3, -0.25) is 4.57 Å². The smallest absolute Gasteiger partial charge is 0.312 e. The van der Waals surface area contributed by atoms with Crippen molar-refractivity contribution in [2.75, 3.05) is 12.3 Å². The van der Waals surface area contributed by atoms with Crippen LogP contribution in [0.1, 0.15) is 26.5 Å². The highest BCUT2D eigenvalue weighted by Crippen LogP contribution is 2.33. The van der Waals surface area contributed by atoms with Crippen molar-refractivity contribution in [3.8, 4) is 0 Å². The Hall–Kier alpha value is -1.87. The monoisotopic (exact) mass is 301 g/mol. The predicted molar refractivity (Wildman–Crippen MR) is 71.6 cm³/mol. The molecule has 1 aliphatic heterocycles. The van der Waals surface area contributed by atoms with E-state index in [2.05, 4.69) is 15.0 Å². The fourth-order valence-electron chi connectivity index (χ4n) is 2.16. The molecular weight excluding hydrogens is 284 g/mol. The number of aliphatic hydroxyl groups excluding tert-OH is 1. The molecule has 0 saturated carbocycles. The summed E-state index contributed by atoms with van der Waals surface area (Å²) in [6.07, 6.45) is -2.62. The standard InChI is InChI=1S/C10H11F2N5O2.C2H6/c11-5-1-4(2-18)19-9(5)17-3-14-6-7(13)15-10(12)16-8(6)17;1-2/h3-5,9,18H,1-2H2,(H2,13,15,16);1-2H3. The molecule has 2 aromatic heterocycles. The molecule has 1 saturated heterocycles. The fraction of sp³-hybridized carbons (Fsp3) is 0.583. The maximum atomic E-state index is 13.9. The van der Waals surface area contributed by atoms with Gasteiger partial charge in [0.05, 0.1) is 19.0 Å². The van der Waals surface area contributed by atoms with Gasteiger partial charge in [0, 0.05) is 6.42 Å². The molecule has 0 aliphatic carbocycles. The summed E-state index contributed by atoms with van der Waals surface area (Å²) in [6.45, 7) is 3.72. The summed E-state index contributed by atoms with van der Waals surface area (Å²) in [5.41, 5.74) is 5.77. The third kappa shape index (κ3) is 2.79. The van der Waals surface area contributed by atoms with Gasteiger partial charge in [-0.05, 0) is 0 Å². The van der Waals surface area contributed by atoms with Crippen molar-refractivity contribution >= 4 is 17.0 Å². The molecule has 3 N–H and O–H groups in total. The molecule has 3 heterocycles. The number of aliphatic hydroxyl groups is 1. The Labute approximate surface area is 119 Å². The number of anilines is 1. The first-order valence-corrected chi connectivity index (χ1v) is 6.66. The first kappa shape index (κ1) is 15.5. The van der Waals surface area contributed by atoms with Gasteiger partial charge < -0.3 is 15.6 Å². The summed E-state index contributed by atoms with van der Waals surface area (Å²) < 4.78 is 33.6. The van der Waals surface area contributed by atoms with Crippen molar-refractivity contribution in [1.29, 1.82) is 0 Å². The Morgan fingerprint density at radius 2 is 2.19 bits per heavy atom. The maximum Gasteiger partial charge on any atom is 0.312 e. The molecule has 2 aromatic rings. The van der Waals surface area contributed by atoms with Gasteiger partial charge in [-0.2, -0.15) is 14.4 Å². The second kappa shape index (κ2) is 6.27. The quantitative estimate of drug-likeness (QED) is 0.808. The van der Waals surface area contributed by atoms with Crippen LogP contribution in [0.4, 0.5) is 14.6 Å². The summed E-state index contributed by atoms with van der Waals surface area (Å²) in [5, 5.41) is 8.98. The maximum absolute atomic E-state index is 13.9. The first-order valence-electron chi connectivity index (χ1n) is 6.66. The van der Waals surface area contributed by atoms with Crippen LogP contribution in [-0.2, 0) is 4.74 Å². The number of hydrogen-bond acceptors (Lipinski definition) is 6. The van der Waals surface area contributed by atoms with E-state index in [1.54, 1.807) is 0 Å². The summed E-state index contributed by atoms with van der Waals surface area (Å²) in [7, 11) is 0. The number of nitrogen functional groups attached to an aromatic ring is 1. The van der Waals surface area contributed by atoms with Gasteiger partial charge in [0.1, 0.15) is 6.17 Å². The van der Waals surface area contributed by atoms with Crippen LogP contribution in [0.5, 0.6) is 0 Å². The van der Waals surface area contributed by atoms with Crippen LogP contribution in [0.15, 0.2) is 6.33 Å². The van der Waals surface area contributed by atoms with Crippen molar-refractivity contribution in [1.82, 2.24) is 19.5 Å². The van der Waals surface area contributed by atoms with E-state index in [0.717, 1.165) is 0 Å². The minimum atomic E-state index is -1.34. The van der Waals surface area contributed by atoms with Gasteiger partial charge in [0.25, 0.3) is 0 Å². The van der Waals surface area contributed by atoms with Crippen molar-refractivity contribution in [3.05, 3.63) is 12.4 Å². The van der Waals surface area contributed by atoms with Crippen molar-refractivity contribution < 1.29 is 18.6 Å². The summed E-state index contributed by atoms with van der Waals surface area (Å²) in [5.74, 6) is -0.117. The molecule has 0 aromatic carbocycles. The molecule has 0 bridgehead atoms. The number of nitrogens with two attached hydrogens (primary N) is 1. The van der Waals surface area contributed by atoms with E-state index in [0.29, 0.717) is 0 Å². The van der Waals surface area contributed by atoms with E-state index in [9.17, 15) is 8.78 Å². The average Bonchev–Trinajstić information content (AvgIpc) is 3.04. The third-order valence-electron chi connectivity index (χ3n) is 3.03. The van der Waals surface area contributed by atoms with E-state index >= 15 is 0 Å². The van der Waals surface area contributed by atoms with Crippen LogP contribution in [0, 0.1) is 6.08 Å². The number of nitrogens with zero attached hydrogens (tertiary/aromatic N) is 4. The fourth-order valence-corrected chi connectivity index (χ4v) is 2.16. The number of alkyl halides is 1. The average molecular weight is 301 g/mol. The number of fused-ring (bicyclic) bond motifs is 1. The molecule has 21 heavy (non-hydrogen) atoms. The number of ether oxygens (including phenoxy) is 1. The lowest BCUT2D eigenvalue weighted by molar-refractivity contribution is -0.0351. The van der Waals surface area contributed by atoms with Gasteiger partial charge >= 0.3 is 6.08 Å². The van der Waals surface area contributed by atoms with E-state index in [4.69, 9.17) is 15.6 Å². The third-order valence-corrected chi connectivity index (χ3v) is 3.03. The summed E-state index contributed by atoms with van der Waals surface area (Å²) >= 11 is 0. The van der Waals surface area contributed by atoms with Crippen LogP contribution >= 0.6 is 0 Å². The molecule has 1 aliphatic rings. The number of halogens is 2. The van der Waals surface area contributed by atoms with E-state index in [1.807, 2.05) is 13.8 Å². The normalized spacial score (nSPS) is 24.9. The number of hydrogen-bond donors (Lipinski definition) is 2. The molecule has 3 rings (SSSR count). The van der Waals surface area contributed by atoms with E-state index < -0.39 is 24.6 Å². The van der Waals surface area contributed by atoms with Crippen LogP contribution in [0.2, 0.25) is 0 Å². The lowest BCUT2D eigenvalue weighted by atomic mass is 10.2. The van der Waals surface area contributed by atoms with Crippen LogP contribution in [0.25, 0.3) is 11.2 Å².